The maximum absolute atomic E-state index is 14.4. The first-order chi connectivity index (χ1) is 12.8. The van der Waals surface area contributed by atoms with Gasteiger partial charge in [0.15, 0.2) is 0 Å². The molecule has 0 spiro atoms. The Morgan fingerprint density at radius 2 is 1.74 bits per heavy atom. The second-order valence-corrected chi connectivity index (χ2v) is 7.09. The molecular weight excluding hydrogens is 356 g/mol. The van der Waals surface area contributed by atoms with Gasteiger partial charge in [0, 0.05) is 18.8 Å². The van der Waals surface area contributed by atoms with E-state index in [0.717, 1.165) is 11.1 Å². The number of rotatable bonds is 2. The predicted molar refractivity (Wildman–Crippen MR) is 95.8 cm³/mol. The van der Waals surface area contributed by atoms with Crippen molar-refractivity contribution in [2.24, 2.45) is 7.05 Å². The van der Waals surface area contributed by atoms with E-state index in [1.165, 1.54) is 0 Å². The molecule has 0 N–H and O–H groups in total. The molecule has 6 heteroatoms. The number of aryl methyl sites for hydroxylation is 1. The second-order valence-electron chi connectivity index (χ2n) is 7.09. The van der Waals surface area contributed by atoms with Crippen molar-refractivity contribution in [2.75, 3.05) is 0 Å². The van der Waals surface area contributed by atoms with E-state index in [0.29, 0.717) is 35.6 Å². The molecule has 1 aliphatic rings. The Hall–Kier alpha value is -2.63. The molecular formula is C21H18F4N2. The van der Waals surface area contributed by atoms with E-state index in [9.17, 15) is 17.6 Å². The Kier molecular flexibility index (Phi) is 4.09. The molecule has 0 radical (unpaired) electrons. The van der Waals surface area contributed by atoms with Gasteiger partial charge < -0.3 is 0 Å². The summed E-state index contributed by atoms with van der Waals surface area (Å²) in [6.07, 6.45) is 0.0469. The number of hydrogen-bond acceptors (Lipinski definition) is 1. The van der Waals surface area contributed by atoms with Crippen LogP contribution in [0.1, 0.15) is 36.0 Å². The lowest BCUT2D eigenvalue weighted by atomic mass is 9.89. The number of nitrogens with zero attached hydrogens (tertiary/aromatic N) is 2. The lowest BCUT2D eigenvalue weighted by Gasteiger charge is -2.19. The van der Waals surface area contributed by atoms with Crippen LogP contribution in [0.25, 0.3) is 22.3 Å². The molecule has 4 rings (SSSR count). The summed E-state index contributed by atoms with van der Waals surface area (Å²) in [7, 11) is 1.80. The van der Waals surface area contributed by atoms with Gasteiger partial charge in [-0.15, -0.1) is 0 Å². The van der Waals surface area contributed by atoms with Crippen LogP contribution in [-0.4, -0.2) is 9.78 Å². The van der Waals surface area contributed by atoms with Crippen LogP contribution < -0.4 is 0 Å². The van der Waals surface area contributed by atoms with Gasteiger partial charge in [0.2, 0.25) is 0 Å². The average molecular weight is 374 g/mol. The van der Waals surface area contributed by atoms with Crippen LogP contribution in [0.4, 0.5) is 17.6 Å². The molecule has 27 heavy (non-hydrogen) atoms. The van der Waals surface area contributed by atoms with Gasteiger partial charge in [-0.05, 0) is 52.6 Å². The molecule has 0 aliphatic heterocycles. The molecule has 0 saturated carbocycles. The average Bonchev–Trinajstić information content (AvgIpc) is 3.21. The monoisotopic (exact) mass is 374 g/mol. The van der Waals surface area contributed by atoms with Gasteiger partial charge in [-0.25, -0.2) is 4.39 Å². The maximum Gasteiger partial charge on any atom is 0.417 e. The zero-order valence-electron chi connectivity index (χ0n) is 14.9. The largest absolute Gasteiger partial charge is 0.417 e. The molecule has 1 heterocycles. The van der Waals surface area contributed by atoms with Crippen LogP contribution in [0.5, 0.6) is 0 Å². The van der Waals surface area contributed by atoms with Gasteiger partial charge in [-0.3, -0.25) is 4.68 Å². The minimum atomic E-state index is -4.61. The van der Waals surface area contributed by atoms with Gasteiger partial charge in [0.1, 0.15) is 5.82 Å². The summed E-state index contributed by atoms with van der Waals surface area (Å²) in [4.78, 5) is 0. The Morgan fingerprint density at radius 1 is 1.07 bits per heavy atom. The molecule has 0 bridgehead atoms. The fourth-order valence-corrected chi connectivity index (χ4v) is 3.97. The number of halogens is 4. The van der Waals surface area contributed by atoms with Crippen molar-refractivity contribution in [3.63, 3.8) is 0 Å². The molecule has 1 aromatic heterocycles. The van der Waals surface area contributed by atoms with Crippen molar-refractivity contribution in [1.29, 1.82) is 0 Å². The Morgan fingerprint density at radius 3 is 2.33 bits per heavy atom. The van der Waals surface area contributed by atoms with E-state index in [1.807, 2.05) is 13.1 Å². The number of aromatic nitrogens is 2. The highest BCUT2D eigenvalue weighted by Crippen LogP contribution is 2.46. The predicted octanol–water partition coefficient (Wildman–Crippen LogP) is 5.96. The molecule has 2 aromatic carbocycles. The van der Waals surface area contributed by atoms with Gasteiger partial charge in [0.05, 0.1) is 11.8 Å². The summed E-state index contributed by atoms with van der Waals surface area (Å²) < 4.78 is 57.0. The Labute approximate surface area is 154 Å². The standard InChI is InChI=1S/C21H18F4N2/c1-12-3-8-16-19(12)18(22)9-17(21(23,24)25)20(16)14-6-4-13(5-7-14)15-10-26-27(2)11-15/h4-7,9-12H,3,8H2,1-2H3/t12-/m1/s1. The topological polar surface area (TPSA) is 17.8 Å². The summed E-state index contributed by atoms with van der Waals surface area (Å²) in [5.74, 6) is -0.825. The van der Waals surface area contributed by atoms with E-state index in [1.54, 1.807) is 42.2 Å². The van der Waals surface area contributed by atoms with Crippen LogP contribution >= 0.6 is 0 Å². The molecule has 0 fully saturated rings. The summed E-state index contributed by atoms with van der Waals surface area (Å²) in [5.41, 5.74) is 2.34. The third kappa shape index (κ3) is 3.03. The first-order valence-electron chi connectivity index (χ1n) is 8.77. The zero-order valence-corrected chi connectivity index (χ0v) is 14.9. The highest BCUT2D eigenvalue weighted by Gasteiger charge is 2.38. The van der Waals surface area contributed by atoms with Gasteiger partial charge in [0.25, 0.3) is 0 Å². The summed E-state index contributed by atoms with van der Waals surface area (Å²) in [5, 5.41) is 4.11. The van der Waals surface area contributed by atoms with Crippen molar-refractivity contribution < 1.29 is 17.6 Å². The van der Waals surface area contributed by atoms with Crippen molar-refractivity contribution >= 4 is 0 Å². The fraction of sp³-hybridized carbons (Fsp3) is 0.286. The van der Waals surface area contributed by atoms with Gasteiger partial charge in [-0.2, -0.15) is 18.3 Å². The number of alkyl halides is 3. The first-order valence-corrected chi connectivity index (χ1v) is 8.77. The molecule has 2 nitrogen and oxygen atoms in total. The van der Waals surface area contributed by atoms with Crippen LogP contribution in [0.3, 0.4) is 0 Å². The van der Waals surface area contributed by atoms with Crippen LogP contribution in [0, 0.1) is 5.82 Å². The molecule has 140 valence electrons. The van der Waals surface area contributed by atoms with Crippen molar-refractivity contribution in [2.45, 2.75) is 31.9 Å². The number of hydrogen-bond donors (Lipinski definition) is 0. The Balaban J connectivity index is 1.88. The van der Waals surface area contributed by atoms with E-state index in [-0.39, 0.29) is 11.5 Å². The maximum atomic E-state index is 14.4. The Bertz CT molecular complexity index is 1000. The minimum absolute atomic E-state index is 0.0734. The first kappa shape index (κ1) is 17.8. The lowest BCUT2D eigenvalue weighted by Crippen LogP contribution is -2.11. The van der Waals surface area contributed by atoms with E-state index >= 15 is 0 Å². The molecule has 0 saturated heterocycles. The lowest BCUT2D eigenvalue weighted by molar-refractivity contribution is -0.137. The molecule has 3 aromatic rings. The van der Waals surface area contributed by atoms with E-state index in [2.05, 4.69) is 5.10 Å². The summed E-state index contributed by atoms with van der Waals surface area (Å²) >= 11 is 0. The SMILES string of the molecule is C[C@@H]1CCc2c(-c3ccc(-c4cnn(C)c4)cc3)c(C(F)(F)F)cc(F)c21. The third-order valence-electron chi connectivity index (χ3n) is 5.26. The van der Waals surface area contributed by atoms with Crippen LogP contribution in [0.15, 0.2) is 42.7 Å². The van der Waals surface area contributed by atoms with Crippen LogP contribution in [0.2, 0.25) is 0 Å². The van der Waals surface area contributed by atoms with Gasteiger partial charge >= 0.3 is 6.18 Å². The molecule has 1 aliphatic carbocycles. The summed E-state index contributed by atoms with van der Waals surface area (Å²) in [6, 6.07) is 7.56. The zero-order chi connectivity index (χ0) is 19.3. The number of benzene rings is 2. The van der Waals surface area contributed by atoms with Crippen molar-refractivity contribution in [3.05, 3.63) is 65.2 Å². The van der Waals surface area contributed by atoms with E-state index < -0.39 is 17.6 Å². The molecule has 0 amide bonds. The highest BCUT2D eigenvalue weighted by atomic mass is 19.4. The smallest absolute Gasteiger partial charge is 0.275 e. The summed E-state index contributed by atoms with van der Waals surface area (Å²) in [6.45, 7) is 1.86. The normalized spacial score (nSPS) is 16.6. The number of fused-ring (bicyclic) bond motifs is 1. The molecule has 1 atom stereocenters. The van der Waals surface area contributed by atoms with Crippen LogP contribution in [-0.2, 0) is 19.6 Å². The molecule has 0 unspecified atom stereocenters. The van der Waals surface area contributed by atoms with Crippen molar-refractivity contribution in [1.82, 2.24) is 9.78 Å². The quantitative estimate of drug-likeness (QED) is 0.506. The fourth-order valence-electron chi connectivity index (χ4n) is 3.97. The van der Waals surface area contributed by atoms with Gasteiger partial charge in [-0.1, -0.05) is 31.2 Å². The minimum Gasteiger partial charge on any atom is -0.275 e. The van der Waals surface area contributed by atoms with Crippen molar-refractivity contribution in [3.8, 4) is 22.3 Å². The second kappa shape index (κ2) is 6.22. The van der Waals surface area contributed by atoms with E-state index in [4.69, 9.17) is 0 Å². The highest BCUT2D eigenvalue weighted by molar-refractivity contribution is 5.77. The third-order valence-corrected chi connectivity index (χ3v) is 5.26.